The quantitative estimate of drug-likeness (QED) is 0.841. The Hall–Kier alpha value is -2.41. The number of sulfone groups is 1. The zero-order valence-electron chi connectivity index (χ0n) is 9.57. The summed E-state index contributed by atoms with van der Waals surface area (Å²) >= 11 is 0. The number of carbonyl (C=O) groups excluding carboxylic acids is 2. The van der Waals surface area contributed by atoms with Gasteiger partial charge in [0.05, 0.1) is 4.90 Å². The zero-order valence-corrected chi connectivity index (χ0v) is 10.4. The van der Waals surface area contributed by atoms with Crippen molar-refractivity contribution in [1.82, 2.24) is 0 Å². The molecule has 0 bridgehead atoms. The van der Waals surface area contributed by atoms with Crippen molar-refractivity contribution in [2.45, 2.75) is 9.99 Å². The fourth-order valence-electron chi connectivity index (χ4n) is 1.46. The molecule has 7 heteroatoms. The van der Waals surface area contributed by atoms with E-state index in [4.69, 9.17) is 10.2 Å². The zero-order chi connectivity index (χ0) is 14.0. The van der Waals surface area contributed by atoms with Crippen LogP contribution in [0.5, 0.6) is 0 Å². The summed E-state index contributed by atoms with van der Waals surface area (Å²) in [6, 6.07) is 7.56. The fraction of sp³-hybridized carbons (Fsp3) is 0. The first-order chi connectivity index (χ1) is 8.95. The van der Waals surface area contributed by atoms with E-state index in [1.165, 1.54) is 36.4 Å². The molecule has 2 rings (SSSR count). The van der Waals surface area contributed by atoms with Crippen LogP contribution in [0.2, 0.25) is 0 Å². The van der Waals surface area contributed by atoms with Crippen molar-refractivity contribution in [1.29, 1.82) is 0 Å². The number of amides is 1. The molecule has 1 heterocycles. The van der Waals surface area contributed by atoms with Gasteiger partial charge in [0.2, 0.25) is 20.8 Å². The van der Waals surface area contributed by atoms with Gasteiger partial charge in [-0.15, -0.1) is 0 Å². The number of primary amides is 1. The average Bonchev–Trinajstić information content (AvgIpc) is 2.88. The van der Waals surface area contributed by atoms with E-state index in [2.05, 4.69) is 0 Å². The van der Waals surface area contributed by atoms with E-state index in [1.54, 1.807) is 0 Å². The van der Waals surface area contributed by atoms with Gasteiger partial charge in [0.15, 0.2) is 12.0 Å². The van der Waals surface area contributed by atoms with Gasteiger partial charge in [-0.1, -0.05) is 0 Å². The van der Waals surface area contributed by atoms with Crippen LogP contribution in [-0.4, -0.2) is 20.6 Å². The molecular formula is C12H9NO5S. The van der Waals surface area contributed by atoms with Crippen LogP contribution in [0.25, 0.3) is 0 Å². The Morgan fingerprint density at radius 3 is 2.21 bits per heavy atom. The predicted octanol–water partition coefficient (Wildman–Crippen LogP) is 1.02. The van der Waals surface area contributed by atoms with Gasteiger partial charge in [0.25, 0.3) is 0 Å². The highest BCUT2D eigenvalue weighted by molar-refractivity contribution is 7.91. The lowest BCUT2D eigenvalue weighted by molar-refractivity contribution is 0.0999. The van der Waals surface area contributed by atoms with E-state index in [9.17, 15) is 18.0 Å². The molecule has 0 aliphatic carbocycles. The highest BCUT2D eigenvalue weighted by Crippen LogP contribution is 2.22. The largest absolute Gasteiger partial charge is 0.442 e. The summed E-state index contributed by atoms with van der Waals surface area (Å²) in [5.74, 6) is -0.725. The first-order valence-corrected chi connectivity index (χ1v) is 6.63. The Balaban J connectivity index is 2.44. The third kappa shape index (κ3) is 2.41. The molecule has 1 aromatic carbocycles. The van der Waals surface area contributed by atoms with Crippen molar-refractivity contribution in [3.63, 3.8) is 0 Å². The lowest BCUT2D eigenvalue weighted by atomic mass is 10.2. The van der Waals surface area contributed by atoms with E-state index >= 15 is 0 Å². The van der Waals surface area contributed by atoms with Gasteiger partial charge in [0.1, 0.15) is 0 Å². The number of rotatable bonds is 4. The summed E-state index contributed by atoms with van der Waals surface area (Å²) in [7, 11) is -3.85. The van der Waals surface area contributed by atoms with Crippen LogP contribution in [0.15, 0.2) is 50.8 Å². The smallest absolute Gasteiger partial charge is 0.248 e. The number of hydrogen-bond acceptors (Lipinski definition) is 5. The van der Waals surface area contributed by atoms with Crippen LogP contribution in [0.3, 0.4) is 0 Å². The molecule has 6 nitrogen and oxygen atoms in total. The van der Waals surface area contributed by atoms with E-state index in [-0.39, 0.29) is 21.3 Å². The summed E-state index contributed by atoms with van der Waals surface area (Å²) < 4.78 is 29.1. The SMILES string of the molecule is NC(=O)c1ccc(S(=O)(=O)c2ccc(C=O)o2)cc1. The molecule has 0 atom stereocenters. The maximum Gasteiger partial charge on any atom is 0.248 e. The van der Waals surface area contributed by atoms with Gasteiger partial charge in [-0.25, -0.2) is 8.42 Å². The molecule has 0 radical (unpaired) electrons. The van der Waals surface area contributed by atoms with Crippen molar-refractivity contribution >= 4 is 22.0 Å². The van der Waals surface area contributed by atoms with Gasteiger partial charge < -0.3 is 10.2 Å². The molecule has 0 aliphatic heterocycles. The topological polar surface area (TPSA) is 107 Å². The Morgan fingerprint density at radius 2 is 1.74 bits per heavy atom. The number of carbonyl (C=O) groups is 2. The van der Waals surface area contributed by atoms with Crippen molar-refractivity contribution in [3.05, 3.63) is 47.7 Å². The highest BCUT2D eigenvalue weighted by atomic mass is 32.2. The van der Waals surface area contributed by atoms with Gasteiger partial charge >= 0.3 is 0 Å². The number of aldehydes is 1. The maximum atomic E-state index is 12.1. The van der Waals surface area contributed by atoms with E-state index < -0.39 is 15.7 Å². The van der Waals surface area contributed by atoms with Crippen molar-refractivity contribution in [3.8, 4) is 0 Å². The van der Waals surface area contributed by atoms with Crippen LogP contribution in [0, 0.1) is 0 Å². The van der Waals surface area contributed by atoms with Crippen LogP contribution in [0.4, 0.5) is 0 Å². The minimum Gasteiger partial charge on any atom is -0.442 e. The number of furan rings is 1. The highest BCUT2D eigenvalue weighted by Gasteiger charge is 2.21. The minimum atomic E-state index is -3.85. The fourth-order valence-corrected chi connectivity index (χ4v) is 2.64. The molecule has 0 spiro atoms. The number of benzene rings is 1. The van der Waals surface area contributed by atoms with Crippen LogP contribution < -0.4 is 5.73 Å². The summed E-state index contributed by atoms with van der Waals surface area (Å²) in [6.07, 6.45) is 0.412. The van der Waals surface area contributed by atoms with Gasteiger partial charge in [-0.2, -0.15) is 0 Å². The Morgan fingerprint density at radius 1 is 1.11 bits per heavy atom. The lowest BCUT2D eigenvalue weighted by Gasteiger charge is -2.01. The molecule has 0 saturated heterocycles. The third-order valence-corrected chi connectivity index (χ3v) is 4.07. The van der Waals surface area contributed by atoms with E-state index in [0.717, 1.165) is 0 Å². The Bertz CT molecular complexity index is 728. The second-order valence-corrected chi connectivity index (χ2v) is 5.55. The molecule has 19 heavy (non-hydrogen) atoms. The molecule has 0 unspecified atom stereocenters. The third-order valence-electron chi connectivity index (χ3n) is 2.43. The standard InChI is InChI=1S/C12H9NO5S/c13-12(15)8-1-4-10(5-2-8)19(16,17)11-6-3-9(7-14)18-11/h1-7H,(H2,13,15). The van der Waals surface area contributed by atoms with Crippen LogP contribution >= 0.6 is 0 Å². The second kappa shape index (κ2) is 4.69. The molecule has 1 aromatic heterocycles. The van der Waals surface area contributed by atoms with E-state index in [1.807, 2.05) is 0 Å². The number of nitrogens with two attached hydrogens (primary N) is 1. The van der Waals surface area contributed by atoms with Gasteiger partial charge in [-0.05, 0) is 36.4 Å². The molecule has 0 fully saturated rings. The molecule has 98 valence electrons. The van der Waals surface area contributed by atoms with Crippen molar-refractivity contribution in [2.75, 3.05) is 0 Å². The normalized spacial score (nSPS) is 11.2. The van der Waals surface area contributed by atoms with Gasteiger partial charge in [-0.3, -0.25) is 9.59 Å². The number of hydrogen-bond donors (Lipinski definition) is 1. The molecular weight excluding hydrogens is 270 g/mol. The molecule has 0 aliphatic rings. The van der Waals surface area contributed by atoms with Crippen molar-refractivity contribution < 1.29 is 22.4 Å². The maximum absolute atomic E-state index is 12.1. The molecule has 0 saturated carbocycles. The first-order valence-electron chi connectivity index (χ1n) is 5.15. The Kier molecular flexibility index (Phi) is 3.22. The van der Waals surface area contributed by atoms with E-state index in [0.29, 0.717) is 6.29 Å². The first kappa shape index (κ1) is 13.0. The predicted molar refractivity (Wildman–Crippen MR) is 64.5 cm³/mol. The monoisotopic (exact) mass is 279 g/mol. The van der Waals surface area contributed by atoms with Gasteiger partial charge in [0, 0.05) is 5.56 Å². The minimum absolute atomic E-state index is 0.0516. The summed E-state index contributed by atoms with van der Waals surface area (Å²) in [5, 5.41) is -0.332. The molecule has 1 amide bonds. The summed E-state index contributed by atoms with van der Waals surface area (Å²) in [5.41, 5.74) is 5.26. The Labute approximate surface area is 108 Å². The van der Waals surface area contributed by atoms with Crippen molar-refractivity contribution in [2.24, 2.45) is 5.73 Å². The molecule has 2 aromatic rings. The average molecular weight is 279 g/mol. The summed E-state index contributed by atoms with van der Waals surface area (Å²) in [6.45, 7) is 0. The lowest BCUT2D eigenvalue weighted by Crippen LogP contribution is -2.11. The summed E-state index contributed by atoms with van der Waals surface area (Å²) in [4.78, 5) is 21.3. The second-order valence-electron chi connectivity index (χ2n) is 3.67. The van der Waals surface area contributed by atoms with Crippen LogP contribution in [0.1, 0.15) is 20.9 Å². The van der Waals surface area contributed by atoms with Crippen LogP contribution in [-0.2, 0) is 9.84 Å². The molecule has 2 N–H and O–H groups in total.